The number of amides is 1. The Morgan fingerprint density at radius 1 is 1.14 bits per heavy atom. The zero-order chi connectivity index (χ0) is 14.4. The van der Waals surface area contributed by atoms with E-state index in [-0.39, 0.29) is 5.91 Å². The number of nitrogens with one attached hydrogen (secondary N) is 2. The van der Waals surface area contributed by atoms with Crippen LogP contribution in [0.3, 0.4) is 0 Å². The lowest BCUT2D eigenvalue weighted by atomic mass is 10.1. The van der Waals surface area contributed by atoms with Gasteiger partial charge < -0.3 is 10.3 Å². The Labute approximate surface area is 125 Å². The summed E-state index contributed by atoms with van der Waals surface area (Å²) in [4.78, 5) is 19.7. The Morgan fingerprint density at radius 3 is 2.86 bits per heavy atom. The van der Waals surface area contributed by atoms with Gasteiger partial charge in [0.1, 0.15) is 5.82 Å². The van der Waals surface area contributed by atoms with Crippen LogP contribution in [0.4, 0.5) is 5.69 Å². The molecule has 2 heterocycles. The van der Waals surface area contributed by atoms with E-state index in [0.29, 0.717) is 16.4 Å². The first kappa shape index (κ1) is 12.2. The molecule has 1 aliphatic rings. The molecule has 0 spiro atoms. The van der Waals surface area contributed by atoms with E-state index in [1.165, 1.54) is 0 Å². The molecule has 0 saturated carbocycles. The molecule has 4 rings (SSSR count). The lowest BCUT2D eigenvalue weighted by Gasteiger charge is -1.98. The van der Waals surface area contributed by atoms with E-state index in [1.54, 1.807) is 24.3 Å². The van der Waals surface area contributed by atoms with Crippen LogP contribution in [0.25, 0.3) is 22.7 Å². The SMILES string of the molecule is O=C1Nc2ccc(Cl)cc2/C1=C/c1nc2ccccc2[nH]1. The Morgan fingerprint density at radius 2 is 2.00 bits per heavy atom. The molecule has 4 nitrogen and oxygen atoms in total. The van der Waals surface area contributed by atoms with E-state index < -0.39 is 0 Å². The van der Waals surface area contributed by atoms with Crippen molar-refractivity contribution in [3.05, 3.63) is 58.9 Å². The molecule has 0 bridgehead atoms. The molecule has 2 aromatic carbocycles. The average molecular weight is 296 g/mol. The maximum atomic E-state index is 12.1. The minimum atomic E-state index is -0.146. The number of carbonyl (C=O) groups is 1. The van der Waals surface area contributed by atoms with E-state index >= 15 is 0 Å². The first-order valence-corrected chi connectivity index (χ1v) is 6.86. The molecule has 3 aromatic rings. The second-order valence-electron chi connectivity index (χ2n) is 4.84. The predicted molar refractivity (Wildman–Crippen MR) is 84.0 cm³/mol. The van der Waals surface area contributed by atoms with Crippen LogP contribution in [0.2, 0.25) is 5.02 Å². The molecule has 21 heavy (non-hydrogen) atoms. The minimum absolute atomic E-state index is 0.146. The first-order chi connectivity index (χ1) is 10.2. The van der Waals surface area contributed by atoms with Crippen molar-refractivity contribution in [2.45, 2.75) is 0 Å². The highest BCUT2D eigenvalue weighted by molar-refractivity contribution is 6.36. The number of anilines is 1. The van der Waals surface area contributed by atoms with Gasteiger partial charge in [-0.25, -0.2) is 4.98 Å². The van der Waals surface area contributed by atoms with Gasteiger partial charge in [-0.05, 0) is 36.4 Å². The number of para-hydroxylation sites is 2. The fraction of sp³-hybridized carbons (Fsp3) is 0. The third kappa shape index (κ3) is 2.00. The molecule has 0 atom stereocenters. The van der Waals surface area contributed by atoms with Crippen molar-refractivity contribution in [1.82, 2.24) is 9.97 Å². The molecular formula is C16H10ClN3O. The maximum absolute atomic E-state index is 12.1. The van der Waals surface area contributed by atoms with Crippen LogP contribution in [-0.2, 0) is 4.79 Å². The number of carbonyl (C=O) groups excluding carboxylic acids is 1. The highest BCUT2D eigenvalue weighted by Crippen LogP contribution is 2.34. The first-order valence-electron chi connectivity index (χ1n) is 6.48. The van der Waals surface area contributed by atoms with E-state index in [9.17, 15) is 4.79 Å². The molecule has 0 fully saturated rings. The van der Waals surface area contributed by atoms with Gasteiger partial charge in [0.2, 0.25) is 0 Å². The normalized spacial score (nSPS) is 15.5. The second kappa shape index (κ2) is 4.46. The highest BCUT2D eigenvalue weighted by Gasteiger charge is 2.24. The summed E-state index contributed by atoms with van der Waals surface area (Å²) >= 11 is 6.01. The van der Waals surface area contributed by atoms with Crippen molar-refractivity contribution in [3.63, 3.8) is 0 Å². The Kier molecular flexibility index (Phi) is 2.59. The summed E-state index contributed by atoms with van der Waals surface area (Å²) in [6, 6.07) is 13.1. The van der Waals surface area contributed by atoms with Crippen LogP contribution in [0.5, 0.6) is 0 Å². The number of H-pyrrole nitrogens is 1. The summed E-state index contributed by atoms with van der Waals surface area (Å²) in [5.41, 5.74) is 3.94. The van der Waals surface area contributed by atoms with Gasteiger partial charge in [0.15, 0.2) is 0 Å². The van der Waals surface area contributed by atoms with Crippen molar-refractivity contribution in [3.8, 4) is 0 Å². The number of rotatable bonds is 1. The number of fused-ring (bicyclic) bond motifs is 2. The van der Waals surface area contributed by atoms with Gasteiger partial charge in [-0.1, -0.05) is 23.7 Å². The van der Waals surface area contributed by atoms with Crippen LogP contribution in [0, 0.1) is 0 Å². The van der Waals surface area contributed by atoms with Gasteiger partial charge in [-0.15, -0.1) is 0 Å². The molecule has 0 aliphatic carbocycles. The molecule has 5 heteroatoms. The minimum Gasteiger partial charge on any atom is -0.338 e. The van der Waals surface area contributed by atoms with Gasteiger partial charge in [-0.2, -0.15) is 0 Å². The van der Waals surface area contributed by atoms with Gasteiger partial charge in [0.05, 0.1) is 16.6 Å². The number of halogens is 1. The highest BCUT2D eigenvalue weighted by atomic mass is 35.5. The maximum Gasteiger partial charge on any atom is 0.256 e. The summed E-state index contributed by atoms with van der Waals surface area (Å²) in [5, 5.41) is 3.42. The molecule has 0 unspecified atom stereocenters. The number of benzene rings is 2. The van der Waals surface area contributed by atoms with Crippen LogP contribution in [0.1, 0.15) is 11.4 Å². The number of hydrogen-bond acceptors (Lipinski definition) is 2. The van der Waals surface area contributed by atoms with E-state index in [0.717, 1.165) is 22.3 Å². The number of aromatic nitrogens is 2. The molecule has 1 amide bonds. The lowest BCUT2D eigenvalue weighted by Crippen LogP contribution is -2.03. The largest absolute Gasteiger partial charge is 0.338 e. The third-order valence-corrected chi connectivity index (χ3v) is 3.69. The summed E-state index contributed by atoms with van der Waals surface area (Å²) in [6.45, 7) is 0. The van der Waals surface area contributed by atoms with Gasteiger partial charge in [0, 0.05) is 16.3 Å². The van der Waals surface area contributed by atoms with E-state index in [4.69, 9.17) is 11.6 Å². The van der Waals surface area contributed by atoms with Gasteiger partial charge >= 0.3 is 0 Å². The van der Waals surface area contributed by atoms with Crippen LogP contribution in [-0.4, -0.2) is 15.9 Å². The zero-order valence-electron chi connectivity index (χ0n) is 10.9. The van der Waals surface area contributed by atoms with Crippen molar-refractivity contribution in [2.75, 3.05) is 5.32 Å². The monoisotopic (exact) mass is 295 g/mol. The van der Waals surface area contributed by atoms with Crippen LogP contribution >= 0.6 is 11.6 Å². The fourth-order valence-corrected chi connectivity index (χ4v) is 2.65. The molecule has 1 aliphatic heterocycles. The zero-order valence-corrected chi connectivity index (χ0v) is 11.6. The summed E-state index contributed by atoms with van der Waals surface area (Å²) in [7, 11) is 0. The van der Waals surface area contributed by atoms with Gasteiger partial charge in [-0.3, -0.25) is 4.79 Å². The smallest absolute Gasteiger partial charge is 0.256 e. The Bertz CT molecular complexity index is 878. The summed E-state index contributed by atoms with van der Waals surface area (Å²) in [5.74, 6) is 0.502. The molecular weight excluding hydrogens is 286 g/mol. The summed E-state index contributed by atoms with van der Waals surface area (Å²) < 4.78 is 0. The van der Waals surface area contributed by atoms with Gasteiger partial charge in [0.25, 0.3) is 5.91 Å². The van der Waals surface area contributed by atoms with Crippen molar-refractivity contribution in [2.24, 2.45) is 0 Å². The van der Waals surface area contributed by atoms with Crippen molar-refractivity contribution in [1.29, 1.82) is 0 Å². The quantitative estimate of drug-likeness (QED) is 0.672. The number of imidazole rings is 1. The standard InChI is InChI=1S/C16H10ClN3O/c17-9-5-6-12-10(7-9)11(16(21)20-12)8-15-18-13-3-1-2-4-14(13)19-15/h1-8H,(H,18,19)(H,20,21)/b11-8-. The molecule has 2 N–H and O–H groups in total. The van der Waals surface area contributed by atoms with Crippen LogP contribution < -0.4 is 5.32 Å². The summed E-state index contributed by atoms with van der Waals surface area (Å²) in [6.07, 6.45) is 1.75. The third-order valence-electron chi connectivity index (χ3n) is 3.45. The molecule has 1 aromatic heterocycles. The number of hydrogen-bond donors (Lipinski definition) is 2. The van der Waals surface area contributed by atoms with E-state index in [2.05, 4.69) is 15.3 Å². The predicted octanol–water partition coefficient (Wildman–Crippen LogP) is 3.71. The van der Waals surface area contributed by atoms with Crippen molar-refractivity contribution >= 4 is 45.9 Å². The average Bonchev–Trinajstić information content (AvgIpc) is 3.01. The Hall–Kier alpha value is -2.59. The lowest BCUT2D eigenvalue weighted by molar-refractivity contribution is -0.110. The van der Waals surface area contributed by atoms with Crippen molar-refractivity contribution < 1.29 is 4.79 Å². The number of nitrogens with zero attached hydrogens (tertiary/aromatic N) is 1. The fourth-order valence-electron chi connectivity index (χ4n) is 2.48. The van der Waals surface area contributed by atoms with Crippen LogP contribution in [0.15, 0.2) is 42.5 Å². The topological polar surface area (TPSA) is 57.8 Å². The molecule has 0 saturated heterocycles. The Balaban J connectivity index is 1.86. The number of aromatic amines is 1. The molecule has 102 valence electrons. The second-order valence-corrected chi connectivity index (χ2v) is 5.28. The molecule has 0 radical (unpaired) electrons. The van der Waals surface area contributed by atoms with E-state index in [1.807, 2.05) is 24.3 Å².